The van der Waals surface area contributed by atoms with Crippen molar-refractivity contribution in [2.75, 3.05) is 13.1 Å². The summed E-state index contributed by atoms with van der Waals surface area (Å²) < 4.78 is 33.1. The zero-order valence-electron chi connectivity index (χ0n) is 15.5. The first-order valence-corrected chi connectivity index (χ1v) is 9.70. The summed E-state index contributed by atoms with van der Waals surface area (Å²) in [7, 11) is 0. The molecule has 0 unspecified atom stereocenters. The van der Waals surface area contributed by atoms with Crippen molar-refractivity contribution >= 4 is 5.97 Å². The van der Waals surface area contributed by atoms with E-state index in [0.29, 0.717) is 18.2 Å². The number of carboxylic acid groups (broad SMARTS) is 1. The minimum Gasteiger partial charge on any atom is -0.490 e. The molecule has 0 amide bonds. The standard InChI is InChI=1S/C22H23F2NO3/c23-16-3-5-17(6-4-16)28-18-7-9-25(10-8-18)13-15-11-21(24)20(22(26)27)12-19(15)14-1-2-14/h3-6,11-12,14,18H,1-2,7-10,13H2,(H,26,27). The molecule has 4 nitrogen and oxygen atoms in total. The van der Waals surface area contributed by atoms with E-state index in [4.69, 9.17) is 4.74 Å². The molecule has 148 valence electrons. The molecule has 2 fully saturated rings. The number of ether oxygens (including phenoxy) is 1. The third kappa shape index (κ3) is 4.33. The molecular weight excluding hydrogens is 364 g/mol. The Morgan fingerprint density at radius 2 is 1.75 bits per heavy atom. The van der Waals surface area contributed by atoms with Gasteiger partial charge in [-0.3, -0.25) is 4.90 Å². The van der Waals surface area contributed by atoms with Gasteiger partial charge < -0.3 is 9.84 Å². The predicted octanol–water partition coefficient (Wildman–Crippen LogP) is 4.58. The zero-order valence-corrected chi connectivity index (χ0v) is 15.5. The van der Waals surface area contributed by atoms with Gasteiger partial charge in [0.05, 0.1) is 5.56 Å². The van der Waals surface area contributed by atoms with Crippen LogP contribution in [0.5, 0.6) is 5.75 Å². The molecule has 1 heterocycles. The van der Waals surface area contributed by atoms with Crippen molar-refractivity contribution in [2.24, 2.45) is 0 Å². The van der Waals surface area contributed by atoms with Crippen LogP contribution in [-0.4, -0.2) is 35.2 Å². The smallest absolute Gasteiger partial charge is 0.338 e. The molecule has 4 rings (SSSR count). The number of hydrogen-bond donors (Lipinski definition) is 1. The fourth-order valence-corrected chi connectivity index (χ4v) is 3.84. The molecule has 2 aliphatic rings. The van der Waals surface area contributed by atoms with Gasteiger partial charge in [0.1, 0.15) is 23.5 Å². The van der Waals surface area contributed by atoms with Crippen molar-refractivity contribution < 1.29 is 23.4 Å². The van der Waals surface area contributed by atoms with Crippen LogP contribution in [0.2, 0.25) is 0 Å². The molecule has 6 heteroatoms. The van der Waals surface area contributed by atoms with Gasteiger partial charge in [-0.25, -0.2) is 13.6 Å². The summed E-state index contributed by atoms with van der Waals surface area (Å²) >= 11 is 0. The Morgan fingerprint density at radius 1 is 1.07 bits per heavy atom. The summed E-state index contributed by atoms with van der Waals surface area (Å²) in [5.41, 5.74) is 1.63. The number of halogens is 2. The van der Waals surface area contributed by atoms with Crippen LogP contribution in [0, 0.1) is 11.6 Å². The number of aromatic carboxylic acids is 1. The van der Waals surface area contributed by atoms with Crippen LogP contribution in [0.25, 0.3) is 0 Å². The van der Waals surface area contributed by atoms with Crippen molar-refractivity contribution in [1.82, 2.24) is 4.90 Å². The minimum atomic E-state index is -1.22. The highest BCUT2D eigenvalue weighted by molar-refractivity contribution is 5.88. The lowest BCUT2D eigenvalue weighted by molar-refractivity contribution is 0.0691. The number of likely N-dealkylation sites (tertiary alicyclic amines) is 1. The second-order valence-electron chi connectivity index (χ2n) is 7.66. The first-order valence-electron chi connectivity index (χ1n) is 9.70. The number of nitrogens with zero attached hydrogens (tertiary/aromatic N) is 1. The van der Waals surface area contributed by atoms with Crippen LogP contribution >= 0.6 is 0 Å². The monoisotopic (exact) mass is 387 g/mol. The van der Waals surface area contributed by atoms with E-state index in [-0.39, 0.29) is 17.5 Å². The number of hydrogen-bond acceptors (Lipinski definition) is 3. The predicted molar refractivity (Wildman–Crippen MR) is 101 cm³/mol. The van der Waals surface area contributed by atoms with Gasteiger partial charge in [-0.15, -0.1) is 0 Å². The fourth-order valence-electron chi connectivity index (χ4n) is 3.84. The molecule has 1 saturated carbocycles. The third-order valence-corrected chi connectivity index (χ3v) is 5.52. The molecular formula is C22H23F2NO3. The van der Waals surface area contributed by atoms with Gasteiger partial charge in [0.15, 0.2) is 0 Å². The summed E-state index contributed by atoms with van der Waals surface area (Å²) in [6.07, 6.45) is 3.82. The van der Waals surface area contributed by atoms with Gasteiger partial charge in [0, 0.05) is 19.6 Å². The summed E-state index contributed by atoms with van der Waals surface area (Å²) in [6, 6.07) is 8.97. The Hall–Kier alpha value is -2.47. The molecule has 0 aromatic heterocycles. The molecule has 0 radical (unpaired) electrons. The number of carbonyl (C=O) groups is 1. The molecule has 1 N–H and O–H groups in total. The Morgan fingerprint density at radius 3 is 2.36 bits per heavy atom. The summed E-state index contributed by atoms with van der Waals surface area (Å²) in [5.74, 6) is -1.14. The third-order valence-electron chi connectivity index (χ3n) is 5.52. The highest BCUT2D eigenvalue weighted by Gasteiger charge is 2.29. The first kappa shape index (κ1) is 18.9. The van der Waals surface area contributed by atoms with Crippen LogP contribution < -0.4 is 4.74 Å². The van der Waals surface area contributed by atoms with E-state index in [0.717, 1.165) is 49.9 Å². The number of carboxylic acids is 1. The van der Waals surface area contributed by atoms with Crippen LogP contribution in [0.4, 0.5) is 8.78 Å². The van der Waals surface area contributed by atoms with Gasteiger partial charge in [-0.2, -0.15) is 0 Å². The Bertz CT molecular complexity index is 857. The van der Waals surface area contributed by atoms with Crippen molar-refractivity contribution in [1.29, 1.82) is 0 Å². The molecule has 0 bridgehead atoms. The second-order valence-corrected chi connectivity index (χ2v) is 7.66. The topological polar surface area (TPSA) is 49.8 Å². The molecule has 0 spiro atoms. The Labute approximate surface area is 162 Å². The Kier molecular flexibility index (Phi) is 5.31. The largest absolute Gasteiger partial charge is 0.490 e. The average molecular weight is 387 g/mol. The van der Waals surface area contributed by atoms with Crippen molar-refractivity contribution in [3.05, 3.63) is 64.7 Å². The quantitative estimate of drug-likeness (QED) is 0.788. The summed E-state index contributed by atoms with van der Waals surface area (Å²) in [6.45, 7) is 2.25. The van der Waals surface area contributed by atoms with Crippen LogP contribution in [0.15, 0.2) is 36.4 Å². The van der Waals surface area contributed by atoms with Gasteiger partial charge in [0.2, 0.25) is 0 Å². The Balaban J connectivity index is 1.39. The van der Waals surface area contributed by atoms with E-state index >= 15 is 0 Å². The van der Waals surface area contributed by atoms with Gasteiger partial charge in [-0.1, -0.05) is 0 Å². The fraction of sp³-hybridized carbons (Fsp3) is 0.409. The van der Waals surface area contributed by atoms with Crippen molar-refractivity contribution in [3.63, 3.8) is 0 Å². The average Bonchev–Trinajstić information content (AvgIpc) is 3.50. The van der Waals surface area contributed by atoms with E-state index in [1.807, 2.05) is 0 Å². The van der Waals surface area contributed by atoms with E-state index < -0.39 is 11.8 Å². The molecule has 1 aliphatic heterocycles. The van der Waals surface area contributed by atoms with Crippen LogP contribution in [-0.2, 0) is 6.54 Å². The highest BCUT2D eigenvalue weighted by atomic mass is 19.1. The van der Waals surface area contributed by atoms with Crippen LogP contribution in [0.1, 0.15) is 53.1 Å². The van der Waals surface area contributed by atoms with Crippen molar-refractivity contribution in [3.8, 4) is 5.75 Å². The van der Waals surface area contributed by atoms with Gasteiger partial charge in [-0.05, 0) is 79.1 Å². The molecule has 28 heavy (non-hydrogen) atoms. The lowest BCUT2D eigenvalue weighted by Gasteiger charge is -2.32. The van der Waals surface area contributed by atoms with Gasteiger partial charge >= 0.3 is 5.97 Å². The van der Waals surface area contributed by atoms with Crippen molar-refractivity contribution in [2.45, 2.75) is 44.2 Å². The molecule has 1 saturated heterocycles. The number of piperidine rings is 1. The maximum atomic E-state index is 14.2. The molecule has 1 aliphatic carbocycles. The first-order chi connectivity index (χ1) is 13.5. The number of rotatable bonds is 6. The lowest BCUT2D eigenvalue weighted by atomic mass is 9.98. The SMILES string of the molecule is O=C(O)c1cc(C2CC2)c(CN2CCC(Oc3ccc(F)cc3)CC2)cc1F. The molecule has 0 atom stereocenters. The van der Waals surface area contributed by atoms with E-state index in [1.54, 1.807) is 12.1 Å². The highest BCUT2D eigenvalue weighted by Crippen LogP contribution is 2.42. The van der Waals surface area contributed by atoms with Gasteiger partial charge in [0.25, 0.3) is 0 Å². The van der Waals surface area contributed by atoms with E-state index in [1.165, 1.54) is 24.3 Å². The zero-order chi connectivity index (χ0) is 19.7. The summed E-state index contributed by atoms with van der Waals surface area (Å²) in [5, 5.41) is 9.18. The van der Waals surface area contributed by atoms with Crippen LogP contribution in [0.3, 0.4) is 0 Å². The summed E-state index contributed by atoms with van der Waals surface area (Å²) in [4.78, 5) is 13.5. The normalized spacial score (nSPS) is 18.2. The minimum absolute atomic E-state index is 0.0794. The maximum Gasteiger partial charge on any atom is 0.338 e. The molecule has 2 aromatic rings. The van der Waals surface area contributed by atoms with E-state index in [2.05, 4.69) is 4.90 Å². The molecule has 2 aromatic carbocycles. The van der Waals surface area contributed by atoms with E-state index in [9.17, 15) is 18.7 Å². The maximum absolute atomic E-state index is 14.2. The second kappa shape index (κ2) is 7.87. The number of benzene rings is 2. The lowest BCUT2D eigenvalue weighted by Crippen LogP contribution is -2.38.